The molecule has 0 aliphatic carbocycles. The van der Waals surface area contributed by atoms with Crippen LogP contribution >= 0.6 is 0 Å². The van der Waals surface area contributed by atoms with Crippen molar-refractivity contribution >= 4 is 5.82 Å². The number of aromatic nitrogens is 2. The maximum Gasteiger partial charge on any atom is 0.218 e. The lowest BCUT2D eigenvalue weighted by atomic mass is 10.4. The van der Waals surface area contributed by atoms with E-state index < -0.39 is 0 Å². The van der Waals surface area contributed by atoms with Crippen molar-refractivity contribution < 1.29 is 4.74 Å². The van der Waals surface area contributed by atoms with Crippen molar-refractivity contribution in [3.63, 3.8) is 0 Å². The van der Waals surface area contributed by atoms with Crippen LogP contribution in [0.5, 0.6) is 5.88 Å². The van der Waals surface area contributed by atoms with Gasteiger partial charge >= 0.3 is 0 Å². The van der Waals surface area contributed by atoms with Crippen molar-refractivity contribution in [1.82, 2.24) is 9.97 Å². The first-order chi connectivity index (χ1) is 7.63. The molecule has 0 amide bonds. The van der Waals surface area contributed by atoms with E-state index in [0.717, 1.165) is 18.8 Å². The number of hydrogen-bond donors (Lipinski definition) is 1. The van der Waals surface area contributed by atoms with Crippen molar-refractivity contribution in [2.45, 2.75) is 26.4 Å². The highest BCUT2D eigenvalue weighted by atomic mass is 16.5. The molecule has 0 fully saturated rings. The molecule has 0 radical (unpaired) electrons. The van der Waals surface area contributed by atoms with Crippen LogP contribution < -0.4 is 15.4 Å². The topological polar surface area (TPSA) is 64.3 Å². The summed E-state index contributed by atoms with van der Waals surface area (Å²) in [5.74, 6) is 1.47. The second kappa shape index (κ2) is 6.27. The van der Waals surface area contributed by atoms with Gasteiger partial charge in [0.1, 0.15) is 12.1 Å². The number of nitrogens with two attached hydrogens (primary N) is 1. The number of rotatable bonds is 6. The summed E-state index contributed by atoms with van der Waals surface area (Å²) in [6.45, 7) is 5.51. The van der Waals surface area contributed by atoms with Gasteiger partial charge in [-0.3, -0.25) is 0 Å². The summed E-state index contributed by atoms with van der Waals surface area (Å²) in [6, 6.07) is 1.84. The highest BCUT2D eigenvalue weighted by molar-refractivity contribution is 5.39. The van der Waals surface area contributed by atoms with Gasteiger partial charge in [-0.05, 0) is 26.8 Å². The quantitative estimate of drug-likeness (QED) is 0.782. The molecule has 1 heterocycles. The fraction of sp³-hybridized carbons (Fsp3) is 0.636. The van der Waals surface area contributed by atoms with Crippen LogP contribution in [0.3, 0.4) is 0 Å². The van der Waals surface area contributed by atoms with Crippen molar-refractivity contribution in [3.05, 3.63) is 12.4 Å². The van der Waals surface area contributed by atoms with E-state index in [1.807, 2.05) is 31.9 Å². The van der Waals surface area contributed by atoms with Crippen LogP contribution in [-0.4, -0.2) is 36.2 Å². The zero-order chi connectivity index (χ0) is 12.0. The predicted molar refractivity (Wildman–Crippen MR) is 64.7 cm³/mol. The van der Waals surface area contributed by atoms with E-state index in [0.29, 0.717) is 12.4 Å². The standard InChI is InChI=1S/C11H20N4O/c1-9(2)16-11-7-10(13-8-14-11)15(3)6-4-5-12/h7-9H,4-6,12H2,1-3H3. The van der Waals surface area contributed by atoms with E-state index in [-0.39, 0.29) is 6.10 Å². The normalized spacial score (nSPS) is 10.6. The molecule has 5 heteroatoms. The predicted octanol–water partition coefficient (Wildman–Crippen LogP) is 1.05. The van der Waals surface area contributed by atoms with Crippen molar-refractivity contribution in [3.8, 4) is 5.88 Å². The van der Waals surface area contributed by atoms with Gasteiger partial charge in [0.25, 0.3) is 0 Å². The monoisotopic (exact) mass is 224 g/mol. The molecule has 0 aliphatic heterocycles. The molecular formula is C11H20N4O. The molecule has 0 spiro atoms. The molecule has 2 N–H and O–H groups in total. The lowest BCUT2D eigenvalue weighted by Crippen LogP contribution is -2.22. The number of ether oxygens (including phenoxy) is 1. The van der Waals surface area contributed by atoms with Gasteiger partial charge in [0.15, 0.2) is 0 Å². The van der Waals surface area contributed by atoms with Crippen molar-refractivity contribution in [2.75, 3.05) is 25.0 Å². The van der Waals surface area contributed by atoms with Gasteiger partial charge in [-0.1, -0.05) is 0 Å². The van der Waals surface area contributed by atoms with Crippen LogP contribution in [0.1, 0.15) is 20.3 Å². The summed E-state index contributed by atoms with van der Waals surface area (Å²) in [5.41, 5.74) is 5.47. The van der Waals surface area contributed by atoms with Gasteiger partial charge < -0.3 is 15.4 Å². The van der Waals surface area contributed by atoms with Gasteiger partial charge in [-0.15, -0.1) is 0 Å². The van der Waals surface area contributed by atoms with Gasteiger partial charge in [-0.2, -0.15) is 0 Å². The van der Waals surface area contributed by atoms with E-state index in [1.165, 1.54) is 6.33 Å². The Bertz CT molecular complexity index is 317. The maximum absolute atomic E-state index is 5.51. The Morgan fingerprint density at radius 2 is 2.19 bits per heavy atom. The Hall–Kier alpha value is -1.36. The second-order valence-electron chi connectivity index (χ2n) is 3.94. The van der Waals surface area contributed by atoms with Crippen LogP contribution in [-0.2, 0) is 0 Å². The summed E-state index contributed by atoms with van der Waals surface area (Å²) in [4.78, 5) is 10.3. The number of anilines is 1. The van der Waals surface area contributed by atoms with E-state index in [9.17, 15) is 0 Å². The van der Waals surface area contributed by atoms with Crippen molar-refractivity contribution in [1.29, 1.82) is 0 Å². The second-order valence-corrected chi connectivity index (χ2v) is 3.94. The Labute approximate surface area is 96.6 Å². The van der Waals surface area contributed by atoms with Gasteiger partial charge in [0.2, 0.25) is 5.88 Å². The highest BCUT2D eigenvalue weighted by Gasteiger charge is 2.05. The van der Waals surface area contributed by atoms with Crippen LogP contribution in [0.4, 0.5) is 5.82 Å². The van der Waals surface area contributed by atoms with E-state index >= 15 is 0 Å². The zero-order valence-electron chi connectivity index (χ0n) is 10.2. The SMILES string of the molecule is CC(C)Oc1cc(N(C)CCCN)ncn1. The fourth-order valence-electron chi connectivity index (χ4n) is 1.29. The molecule has 0 saturated heterocycles. The summed E-state index contributed by atoms with van der Waals surface area (Å²) < 4.78 is 5.51. The minimum atomic E-state index is 0.122. The Morgan fingerprint density at radius 3 is 2.81 bits per heavy atom. The molecule has 1 aromatic rings. The molecule has 1 rings (SSSR count). The maximum atomic E-state index is 5.51. The fourth-order valence-corrected chi connectivity index (χ4v) is 1.29. The Kier molecular flexibility index (Phi) is 4.98. The molecule has 90 valence electrons. The zero-order valence-corrected chi connectivity index (χ0v) is 10.2. The van der Waals surface area contributed by atoms with E-state index in [1.54, 1.807) is 0 Å². The molecule has 0 aromatic carbocycles. The molecule has 5 nitrogen and oxygen atoms in total. The molecule has 0 saturated carbocycles. The first-order valence-electron chi connectivity index (χ1n) is 5.53. The third-order valence-electron chi connectivity index (χ3n) is 2.07. The minimum Gasteiger partial charge on any atom is -0.475 e. The van der Waals surface area contributed by atoms with Crippen LogP contribution in [0.15, 0.2) is 12.4 Å². The third-order valence-corrected chi connectivity index (χ3v) is 2.07. The van der Waals surface area contributed by atoms with E-state index in [2.05, 4.69) is 9.97 Å². The average Bonchev–Trinajstić information content (AvgIpc) is 2.25. The lowest BCUT2D eigenvalue weighted by molar-refractivity contribution is 0.232. The third kappa shape index (κ3) is 4.02. The summed E-state index contributed by atoms with van der Waals surface area (Å²) >= 11 is 0. The molecular weight excluding hydrogens is 204 g/mol. The Morgan fingerprint density at radius 1 is 1.44 bits per heavy atom. The van der Waals surface area contributed by atoms with E-state index in [4.69, 9.17) is 10.5 Å². The van der Waals surface area contributed by atoms with Crippen LogP contribution in [0, 0.1) is 0 Å². The Balaban J connectivity index is 2.65. The summed E-state index contributed by atoms with van der Waals surface area (Å²) in [7, 11) is 1.98. The van der Waals surface area contributed by atoms with Gasteiger partial charge in [0.05, 0.1) is 6.10 Å². The first kappa shape index (κ1) is 12.7. The van der Waals surface area contributed by atoms with Crippen LogP contribution in [0.25, 0.3) is 0 Å². The van der Waals surface area contributed by atoms with Gasteiger partial charge in [-0.25, -0.2) is 9.97 Å². The largest absolute Gasteiger partial charge is 0.475 e. The molecule has 1 aromatic heterocycles. The highest BCUT2D eigenvalue weighted by Crippen LogP contribution is 2.15. The lowest BCUT2D eigenvalue weighted by Gasteiger charge is -2.18. The smallest absolute Gasteiger partial charge is 0.218 e. The molecule has 0 aliphatic rings. The average molecular weight is 224 g/mol. The number of nitrogens with zero attached hydrogens (tertiary/aromatic N) is 3. The first-order valence-corrected chi connectivity index (χ1v) is 5.53. The minimum absolute atomic E-state index is 0.122. The van der Waals surface area contributed by atoms with Crippen molar-refractivity contribution in [2.24, 2.45) is 5.73 Å². The summed E-state index contributed by atoms with van der Waals surface area (Å²) in [5, 5.41) is 0. The number of hydrogen-bond acceptors (Lipinski definition) is 5. The summed E-state index contributed by atoms with van der Waals surface area (Å²) in [6.07, 6.45) is 2.59. The molecule has 16 heavy (non-hydrogen) atoms. The molecule has 0 unspecified atom stereocenters. The van der Waals surface area contributed by atoms with Gasteiger partial charge in [0, 0.05) is 19.7 Å². The van der Waals surface area contributed by atoms with Crippen LogP contribution in [0.2, 0.25) is 0 Å². The molecule has 0 bridgehead atoms. The molecule has 0 atom stereocenters.